The summed E-state index contributed by atoms with van der Waals surface area (Å²) in [6.07, 6.45) is 4.54. The molecule has 5 rings (SSSR count). The molecule has 5 aromatic rings. The van der Waals surface area contributed by atoms with E-state index in [0.717, 1.165) is 29.0 Å². The van der Waals surface area contributed by atoms with Gasteiger partial charge in [-0.05, 0) is 42.8 Å². The monoisotopic (exact) mass is 505 g/mol. The Morgan fingerprint density at radius 1 is 1.00 bits per heavy atom. The van der Waals surface area contributed by atoms with E-state index in [9.17, 15) is 13.6 Å². The second-order valence-electron chi connectivity index (χ2n) is 8.10. The Hall–Kier alpha value is -4.71. The Labute approximate surface area is 209 Å². The molecule has 12 heteroatoms. The predicted octanol–water partition coefficient (Wildman–Crippen LogP) is 4.56. The van der Waals surface area contributed by atoms with E-state index in [4.69, 9.17) is 4.74 Å². The highest BCUT2D eigenvalue weighted by molar-refractivity contribution is 5.83. The van der Waals surface area contributed by atoms with Crippen molar-refractivity contribution in [2.45, 2.75) is 13.5 Å². The van der Waals surface area contributed by atoms with Gasteiger partial charge < -0.3 is 9.47 Å². The van der Waals surface area contributed by atoms with Crippen LogP contribution in [0.1, 0.15) is 11.4 Å². The fourth-order valence-electron chi connectivity index (χ4n) is 3.99. The first-order valence-corrected chi connectivity index (χ1v) is 11.1. The minimum atomic E-state index is -0.985. The van der Waals surface area contributed by atoms with Gasteiger partial charge in [-0.25, -0.2) is 23.5 Å². The zero-order valence-corrected chi connectivity index (χ0v) is 20.1. The van der Waals surface area contributed by atoms with Crippen LogP contribution in [0.3, 0.4) is 0 Å². The number of benzene rings is 1. The highest BCUT2D eigenvalue weighted by Gasteiger charge is 2.19. The average Bonchev–Trinajstić information content (AvgIpc) is 3.51. The number of nitrogens with zero attached hydrogens (tertiary/aromatic N) is 6. The van der Waals surface area contributed by atoms with Crippen LogP contribution < -0.4 is 5.32 Å². The van der Waals surface area contributed by atoms with Gasteiger partial charge in [-0.15, -0.1) is 10.2 Å². The minimum absolute atomic E-state index is 0.112. The van der Waals surface area contributed by atoms with Crippen LogP contribution in [-0.4, -0.2) is 49.4 Å². The van der Waals surface area contributed by atoms with Crippen LogP contribution in [0.5, 0.6) is 0 Å². The zero-order chi connectivity index (χ0) is 26.1. The molecule has 0 saturated heterocycles. The molecule has 1 N–H and O–H groups in total. The highest BCUT2D eigenvalue weighted by atomic mass is 19.2. The molecular formula is C25H21F2N7O3. The molecule has 0 atom stereocenters. The lowest BCUT2D eigenvalue weighted by Crippen LogP contribution is -2.11. The lowest BCUT2D eigenvalue weighted by molar-refractivity contribution is 0.176. The van der Waals surface area contributed by atoms with Crippen LogP contribution >= 0.6 is 0 Å². The number of nitrogens with one attached hydrogen (secondary N) is 1. The molecule has 0 bridgehead atoms. The molecule has 0 aliphatic carbocycles. The number of aromatic nitrogens is 6. The van der Waals surface area contributed by atoms with Crippen molar-refractivity contribution in [2.75, 3.05) is 19.5 Å². The number of carbonyl (C=O) groups is 1. The van der Waals surface area contributed by atoms with Gasteiger partial charge in [-0.3, -0.25) is 14.3 Å². The number of methoxy groups -OCH3 is 2. The lowest BCUT2D eigenvalue weighted by atomic mass is 10.1. The first kappa shape index (κ1) is 24.0. The molecule has 0 spiro atoms. The summed E-state index contributed by atoms with van der Waals surface area (Å²) < 4.78 is 41.1. The van der Waals surface area contributed by atoms with E-state index >= 15 is 0 Å². The average molecular weight is 505 g/mol. The number of pyridine rings is 2. The third kappa shape index (κ3) is 4.49. The van der Waals surface area contributed by atoms with E-state index in [0.29, 0.717) is 34.4 Å². The third-order valence-electron chi connectivity index (χ3n) is 5.69. The van der Waals surface area contributed by atoms with Gasteiger partial charge in [0, 0.05) is 36.7 Å². The minimum Gasteiger partial charge on any atom is -0.453 e. The van der Waals surface area contributed by atoms with Crippen LogP contribution in [-0.2, 0) is 16.1 Å². The van der Waals surface area contributed by atoms with Crippen LogP contribution in [0.2, 0.25) is 0 Å². The maximum absolute atomic E-state index is 14.1. The maximum Gasteiger partial charge on any atom is 0.412 e. The van der Waals surface area contributed by atoms with Crippen molar-refractivity contribution in [2.24, 2.45) is 0 Å². The molecule has 10 nitrogen and oxygen atoms in total. The molecule has 0 fully saturated rings. The second kappa shape index (κ2) is 9.74. The number of carbonyl (C=O) groups excluding carboxylic acids is 1. The summed E-state index contributed by atoms with van der Waals surface area (Å²) in [6, 6.07) is 8.94. The number of imidazole rings is 1. The van der Waals surface area contributed by atoms with E-state index in [2.05, 4.69) is 30.2 Å². The molecule has 1 aromatic carbocycles. The van der Waals surface area contributed by atoms with Crippen LogP contribution in [0.4, 0.5) is 19.4 Å². The molecule has 0 radical (unpaired) electrons. The number of ether oxygens (including phenoxy) is 2. The van der Waals surface area contributed by atoms with E-state index in [-0.39, 0.29) is 6.61 Å². The molecule has 4 aromatic heterocycles. The van der Waals surface area contributed by atoms with Gasteiger partial charge in [0.15, 0.2) is 23.3 Å². The van der Waals surface area contributed by atoms with E-state index in [1.165, 1.54) is 20.3 Å². The number of aryl methyl sites for hydroxylation is 1. The van der Waals surface area contributed by atoms with Gasteiger partial charge in [-0.2, -0.15) is 0 Å². The fourth-order valence-corrected chi connectivity index (χ4v) is 3.99. The summed E-state index contributed by atoms with van der Waals surface area (Å²) in [7, 11) is 2.78. The molecule has 0 unspecified atom stereocenters. The maximum atomic E-state index is 14.1. The molecule has 188 valence electrons. The smallest absolute Gasteiger partial charge is 0.412 e. The SMILES string of the molecule is COCc1nnc(-c2cc(C)c3ncc(-c4ccc(NC(=O)OC)nc4)n3c2)n1-c1ccc(F)c(F)c1. The Morgan fingerprint density at radius 2 is 1.84 bits per heavy atom. The highest BCUT2D eigenvalue weighted by Crippen LogP contribution is 2.29. The molecule has 0 aliphatic rings. The van der Waals surface area contributed by atoms with E-state index in [1.807, 2.05) is 23.6 Å². The summed E-state index contributed by atoms with van der Waals surface area (Å²) in [6.45, 7) is 2.02. The van der Waals surface area contributed by atoms with E-state index < -0.39 is 17.7 Å². The first-order chi connectivity index (χ1) is 17.9. The Bertz CT molecular complexity index is 1610. The van der Waals surface area contributed by atoms with Gasteiger partial charge >= 0.3 is 6.09 Å². The molecule has 4 heterocycles. The molecular weight excluding hydrogens is 484 g/mol. The zero-order valence-electron chi connectivity index (χ0n) is 20.1. The summed E-state index contributed by atoms with van der Waals surface area (Å²) in [5.74, 6) is -0.759. The van der Waals surface area contributed by atoms with Crippen LogP contribution in [0.15, 0.2) is 55.0 Å². The summed E-state index contributed by atoms with van der Waals surface area (Å²) in [5.41, 5.74) is 4.09. The molecule has 0 aliphatic heterocycles. The second-order valence-corrected chi connectivity index (χ2v) is 8.10. The quantitative estimate of drug-likeness (QED) is 0.361. The molecule has 37 heavy (non-hydrogen) atoms. The lowest BCUT2D eigenvalue weighted by Gasteiger charge is -2.12. The van der Waals surface area contributed by atoms with Crippen molar-refractivity contribution >= 4 is 17.6 Å². The number of rotatable bonds is 6. The summed E-state index contributed by atoms with van der Waals surface area (Å²) in [4.78, 5) is 20.2. The van der Waals surface area contributed by atoms with Gasteiger partial charge in [0.05, 0.1) is 24.7 Å². The Balaban J connectivity index is 1.62. The topological polar surface area (TPSA) is 108 Å². The number of hydrogen-bond acceptors (Lipinski definition) is 7. The fraction of sp³-hybridized carbons (Fsp3) is 0.160. The van der Waals surface area contributed by atoms with Crippen molar-refractivity contribution in [3.63, 3.8) is 0 Å². The Kier molecular flexibility index (Phi) is 6.32. The molecule has 1 amide bonds. The van der Waals surface area contributed by atoms with Crippen molar-refractivity contribution < 1.29 is 23.0 Å². The van der Waals surface area contributed by atoms with Crippen molar-refractivity contribution in [3.8, 4) is 28.3 Å². The largest absolute Gasteiger partial charge is 0.453 e. The van der Waals surface area contributed by atoms with Crippen LogP contribution in [0, 0.1) is 18.6 Å². The first-order valence-electron chi connectivity index (χ1n) is 11.1. The Morgan fingerprint density at radius 3 is 2.54 bits per heavy atom. The van der Waals surface area contributed by atoms with Crippen LogP contribution in [0.25, 0.3) is 34.0 Å². The predicted molar refractivity (Wildman–Crippen MR) is 130 cm³/mol. The van der Waals surface area contributed by atoms with E-state index in [1.54, 1.807) is 29.1 Å². The third-order valence-corrected chi connectivity index (χ3v) is 5.69. The summed E-state index contributed by atoms with van der Waals surface area (Å²) in [5, 5.41) is 11.1. The number of hydrogen-bond donors (Lipinski definition) is 1. The standard InChI is InChI=1S/C25H21F2N7O3/c1-14-8-16(24-32-31-22(13-36-2)34(24)17-5-6-18(26)19(27)9-17)12-33-20(11-29-23(14)33)15-4-7-21(28-10-15)30-25(35)37-3/h4-12H,13H2,1-3H3,(H,28,30,35). The van der Waals surface area contributed by atoms with Gasteiger partial charge in [0.1, 0.15) is 18.1 Å². The van der Waals surface area contributed by atoms with Crippen molar-refractivity contribution in [3.05, 3.63) is 78.0 Å². The molecule has 0 saturated carbocycles. The van der Waals surface area contributed by atoms with Gasteiger partial charge in [-0.1, -0.05) is 0 Å². The number of anilines is 1. The normalized spacial score (nSPS) is 11.2. The van der Waals surface area contributed by atoms with Crippen molar-refractivity contribution in [1.29, 1.82) is 0 Å². The number of amides is 1. The number of fused-ring (bicyclic) bond motifs is 1. The number of halogens is 2. The van der Waals surface area contributed by atoms with Gasteiger partial charge in [0.25, 0.3) is 0 Å². The van der Waals surface area contributed by atoms with Crippen molar-refractivity contribution in [1.82, 2.24) is 29.1 Å². The summed E-state index contributed by atoms with van der Waals surface area (Å²) >= 11 is 0. The van der Waals surface area contributed by atoms with Gasteiger partial charge in [0.2, 0.25) is 0 Å².